The average Bonchev–Trinajstić information content (AvgIpc) is 2.07. The molecular weight excluding hydrogens is 194 g/mol. The lowest BCUT2D eigenvalue weighted by Crippen LogP contribution is -2.03. The number of nitrogens with zero attached hydrogens (tertiary/aromatic N) is 2. The highest BCUT2D eigenvalue weighted by Crippen LogP contribution is 2.32. The number of alkyl halides is 2. The summed E-state index contributed by atoms with van der Waals surface area (Å²) in [5, 5.41) is 10.5. The lowest BCUT2D eigenvalue weighted by atomic mass is 10.1. The van der Waals surface area contributed by atoms with Crippen molar-refractivity contribution in [2.45, 2.75) is 20.3 Å². The Hall–Kier alpha value is -1.59. The standard InChI is InChI=1S/C8H8F2N2O2/c1-4-3-11-5(2)6(8(9)10)7(4)12(13)14/h3,8H,1-2H3. The minimum atomic E-state index is -2.87. The summed E-state index contributed by atoms with van der Waals surface area (Å²) in [5.41, 5.74) is -0.976. The minimum Gasteiger partial charge on any atom is -0.260 e. The highest BCUT2D eigenvalue weighted by Gasteiger charge is 2.26. The maximum Gasteiger partial charge on any atom is 0.284 e. The summed E-state index contributed by atoms with van der Waals surface area (Å²) in [6, 6.07) is 0. The van der Waals surface area contributed by atoms with Crippen LogP contribution in [0.25, 0.3) is 0 Å². The van der Waals surface area contributed by atoms with Gasteiger partial charge < -0.3 is 0 Å². The second-order valence-electron chi connectivity index (χ2n) is 2.85. The molecule has 4 nitrogen and oxygen atoms in total. The van der Waals surface area contributed by atoms with Gasteiger partial charge in [0.1, 0.15) is 5.56 Å². The van der Waals surface area contributed by atoms with Crippen LogP contribution in [-0.2, 0) is 0 Å². The molecule has 0 bridgehead atoms. The molecule has 0 fully saturated rings. The molecule has 1 rings (SSSR count). The van der Waals surface area contributed by atoms with E-state index in [0.29, 0.717) is 0 Å². The molecule has 0 aliphatic carbocycles. The van der Waals surface area contributed by atoms with E-state index in [0.717, 1.165) is 0 Å². The molecule has 76 valence electrons. The second kappa shape index (κ2) is 3.65. The summed E-state index contributed by atoms with van der Waals surface area (Å²) in [5.74, 6) is 0. The fourth-order valence-electron chi connectivity index (χ4n) is 1.21. The zero-order valence-electron chi connectivity index (χ0n) is 7.62. The van der Waals surface area contributed by atoms with Gasteiger partial charge in [-0.15, -0.1) is 0 Å². The lowest BCUT2D eigenvalue weighted by Gasteiger charge is -2.06. The van der Waals surface area contributed by atoms with Crippen molar-refractivity contribution in [1.82, 2.24) is 4.98 Å². The van der Waals surface area contributed by atoms with Gasteiger partial charge in [-0.3, -0.25) is 15.1 Å². The van der Waals surface area contributed by atoms with Gasteiger partial charge in [0.05, 0.1) is 10.6 Å². The molecular formula is C8H8F2N2O2. The maximum atomic E-state index is 12.5. The Balaban J connectivity index is 3.50. The van der Waals surface area contributed by atoms with Crippen LogP contribution in [0, 0.1) is 24.0 Å². The minimum absolute atomic E-state index is 0.00250. The third-order valence-corrected chi connectivity index (χ3v) is 1.87. The molecule has 0 saturated heterocycles. The average molecular weight is 202 g/mol. The van der Waals surface area contributed by atoms with Gasteiger partial charge in [0.15, 0.2) is 0 Å². The van der Waals surface area contributed by atoms with E-state index in [1.807, 2.05) is 0 Å². The van der Waals surface area contributed by atoms with E-state index in [-0.39, 0.29) is 11.3 Å². The largest absolute Gasteiger partial charge is 0.284 e. The molecule has 0 unspecified atom stereocenters. The van der Waals surface area contributed by atoms with Crippen molar-refractivity contribution in [2.75, 3.05) is 0 Å². The van der Waals surface area contributed by atoms with Crippen molar-refractivity contribution in [1.29, 1.82) is 0 Å². The molecule has 6 heteroatoms. The first-order valence-corrected chi connectivity index (χ1v) is 3.83. The van der Waals surface area contributed by atoms with Gasteiger partial charge in [0.2, 0.25) is 0 Å². The third-order valence-electron chi connectivity index (χ3n) is 1.87. The summed E-state index contributed by atoms with van der Waals surface area (Å²) >= 11 is 0. The fraction of sp³-hybridized carbons (Fsp3) is 0.375. The molecule has 0 aromatic carbocycles. The summed E-state index contributed by atoms with van der Waals surface area (Å²) in [4.78, 5) is 13.4. The normalized spacial score (nSPS) is 10.6. The van der Waals surface area contributed by atoms with E-state index < -0.39 is 22.6 Å². The Bertz CT molecular complexity index is 380. The van der Waals surface area contributed by atoms with E-state index in [1.54, 1.807) is 0 Å². The molecule has 1 aromatic heterocycles. The lowest BCUT2D eigenvalue weighted by molar-refractivity contribution is -0.387. The highest BCUT2D eigenvalue weighted by atomic mass is 19.3. The first kappa shape index (κ1) is 10.5. The van der Waals surface area contributed by atoms with Gasteiger partial charge in [0, 0.05) is 11.8 Å². The monoisotopic (exact) mass is 202 g/mol. The molecule has 0 saturated carbocycles. The van der Waals surface area contributed by atoms with E-state index in [2.05, 4.69) is 4.98 Å². The van der Waals surface area contributed by atoms with Crippen molar-refractivity contribution < 1.29 is 13.7 Å². The van der Waals surface area contributed by atoms with Crippen LogP contribution >= 0.6 is 0 Å². The van der Waals surface area contributed by atoms with Crippen LogP contribution in [0.3, 0.4) is 0 Å². The predicted octanol–water partition coefficient (Wildman–Crippen LogP) is 2.54. The molecule has 0 spiro atoms. The summed E-state index contributed by atoms with van der Waals surface area (Å²) < 4.78 is 25.0. The van der Waals surface area contributed by atoms with Crippen molar-refractivity contribution in [2.24, 2.45) is 0 Å². The SMILES string of the molecule is Cc1cnc(C)c(C(F)F)c1[N+](=O)[O-]. The van der Waals surface area contributed by atoms with Crippen LogP contribution in [0.5, 0.6) is 0 Å². The molecule has 14 heavy (non-hydrogen) atoms. The third kappa shape index (κ3) is 1.68. The Morgan fingerprint density at radius 2 is 2.07 bits per heavy atom. The van der Waals surface area contributed by atoms with Crippen molar-refractivity contribution >= 4 is 5.69 Å². The Kier molecular flexibility index (Phi) is 2.73. The smallest absolute Gasteiger partial charge is 0.260 e. The van der Waals surface area contributed by atoms with Crippen LogP contribution in [-0.4, -0.2) is 9.91 Å². The van der Waals surface area contributed by atoms with E-state index >= 15 is 0 Å². The maximum absolute atomic E-state index is 12.5. The second-order valence-corrected chi connectivity index (χ2v) is 2.85. The van der Waals surface area contributed by atoms with Crippen molar-refractivity contribution in [3.05, 3.63) is 33.1 Å². The molecule has 0 amide bonds. The van der Waals surface area contributed by atoms with Gasteiger partial charge in [-0.1, -0.05) is 0 Å². The number of hydrogen-bond donors (Lipinski definition) is 0. The Morgan fingerprint density at radius 3 is 2.43 bits per heavy atom. The van der Waals surface area contributed by atoms with Crippen LogP contribution in [0.4, 0.5) is 14.5 Å². The van der Waals surface area contributed by atoms with Crippen LogP contribution < -0.4 is 0 Å². The molecule has 0 N–H and O–H groups in total. The van der Waals surface area contributed by atoms with E-state index in [9.17, 15) is 18.9 Å². The molecule has 0 radical (unpaired) electrons. The van der Waals surface area contributed by atoms with Crippen molar-refractivity contribution in [3.8, 4) is 0 Å². The number of aromatic nitrogens is 1. The number of rotatable bonds is 2. The molecule has 0 atom stereocenters. The van der Waals surface area contributed by atoms with Gasteiger partial charge in [-0.05, 0) is 13.8 Å². The predicted molar refractivity (Wildman–Crippen MR) is 45.3 cm³/mol. The summed E-state index contributed by atoms with van der Waals surface area (Å²) in [6.45, 7) is 2.71. The number of halogens is 2. The number of hydrogen-bond acceptors (Lipinski definition) is 3. The van der Waals surface area contributed by atoms with E-state index in [4.69, 9.17) is 0 Å². The zero-order chi connectivity index (χ0) is 10.9. The molecule has 0 aliphatic rings. The number of pyridine rings is 1. The number of aryl methyl sites for hydroxylation is 2. The van der Waals surface area contributed by atoms with E-state index in [1.165, 1.54) is 20.0 Å². The molecule has 1 heterocycles. The quantitative estimate of drug-likeness (QED) is 0.547. The summed E-state index contributed by atoms with van der Waals surface area (Å²) in [7, 11) is 0. The molecule has 0 aliphatic heterocycles. The van der Waals surface area contributed by atoms with Gasteiger partial charge in [0.25, 0.3) is 12.1 Å². The van der Waals surface area contributed by atoms with Crippen molar-refractivity contribution in [3.63, 3.8) is 0 Å². The highest BCUT2D eigenvalue weighted by molar-refractivity contribution is 5.48. The fourth-order valence-corrected chi connectivity index (χ4v) is 1.21. The zero-order valence-corrected chi connectivity index (χ0v) is 7.62. The van der Waals surface area contributed by atoms with Gasteiger partial charge in [-0.25, -0.2) is 8.78 Å². The van der Waals surface area contributed by atoms with Gasteiger partial charge in [-0.2, -0.15) is 0 Å². The molecule has 1 aromatic rings. The van der Waals surface area contributed by atoms with Gasteiger partial charge >= 0.3 is 0 Å². The number of nitro groups is 1. The van der Waals surface area contributed by atoms with Crippen LogP contribution in [0.15, 0.2) is 6.20 Å². The Labute approximate surface area is 78.7 Å². The Morgan fingerprint density at radius 1 is 1.50 bits per heavy atom. The van der Waals surface area contributed by atoms with Crippen LogP contribution in [0.1, 0.15) is 23.2 Å². The summed E-state index contributed by atoms with van der Waals surface area (Å²) in [6.07, 6.45) is -1.65. The van der Waals surface area contributed by atoms with Crippen LogP contribution in [0.2, 0.25) is 0 Å². The first-order chi connectivity index (χ1) is 6.45. The first-order valence-electron chi connectivity index (χ1n) is 3.83. The topological polar surface area (TPSA) is 56.0 Å².